The van der Waals surface area contributed by atoms with E-state index < -0.39 is 0 Å². The summed E-state index contributed by atoms with van der Waals surface area (Å²) in [5.74, 6) is 0.465. The summed E-state index contributed by atoms with van der Waals surface area (Å²) in [6.45, 7) is 5.55. The zero-order chi connectivity index (χ0) is 14.3. The van der Waals surface area contributed by atoms with Crippen molar-refractivity contribution in [3.8, 4) is 0 Å². The first-order valence-electron chi connectivity index (χ1n) is 7.14. The van der Waals surface area contributed by atoms with E-state index >= 15 is 0 Å². The molecule has 1 aromatic carbocycles. The van der Waals surface area contributed by atoms with Crippen LogP contribution in [0.25, 0.3) is 0 Å². The third kappa shape index (κ3) is 6.19. The van der Waals surface area contributed by atoms with E-state index in [1.807, 2.05) is 6.07 Å². The third-order valence-electron chi connectivity index (χ3n) is 3.54. The molecule has 0 aliphatic heterocycles. The molecule has 0 saturated carbocycles. The van der Waals surface area contributed by atoms with Gasteiger partial charge in [-0.15, -0.1) is 0 Å². The second-order valence-electron chi connectivity index (χ2n) is 5.83. The third-order valence-corrected chi connectivity index (χ3v) is 3.54. The maximum atomic E-state index is 6.33. The molecule has 0 heterocycles. The van der Waals surface area contributed by atoms with Crippen LogP contribution in [0.3, 0.4) is 0 Å². The average molecular weight is 263 g/mol. The monoisotopic (exact) mass is 263 g/mol. The van der Waals surface area contributed by atoms with Crippen molar-refractivity contribution in [3.63, 3.8) is 0 Å². The van der Waals surface area contributed by atoms with Crippen LogP contribution in [0.15, 0.2) is 30.3 Å². The van der Waals surface area contributed by atoms with Crippen LogP contribution in [-0.2, 0) is 0 Å². The van der Waals surface area contributed by atoms with Crippen molar-refractivity contribution in [2.24, 2.45) is 11.7 Å². The number of hydrogen-bond acceptors (Lipinski definition) is 3. The summed E-state index contributed by atoms with van der Waals surface area (Å²) in [6, 6.07) is 10.5. The lowest BCUT2D eigenvalue weighted by Crippen LogP contribution is -2.32. The number of nitrogens with zero attached hydrogens (tertiary/aromatic N) is 2. The van der Waals surface area contributed by atoms with Gasteiger partial charge in [-0.3, -0.25) is 0 Å². The van der Waals surface area contributed by atoms with Crippen LogP contribution >= 0.6 is 0 Å². The molecule has 0 aliphatic rings. The predicted octanol–water partition coefficient (Wildman–Crippen LogP) is 2.21. The minimum atomic E-state index is 0.123. The summed E-state index contributed by atoms with van der Waals surface area (Å²) >= 11 is 0. The molecule has 0 fully saturated rings. The Bertz CT molecular complexity index is 337. The standard InChI is InChI=1S/C16H29N3/c1-14(13-19(4)12-8-11-18(2)3)16(17)15-9-6-5-7-10-15/h5-7,9-10,14,16H,8,11-13,17H2,1-4H3. The van der Waals surface area contributed by atoms with E-state index in [-0.39, 0.29) is 6.04 Å². The van der Waals surface area contributed by atoms with Gasteiger partial charge in [-0.05, 0) is 52.1 Å². The minimum absolute atomic E-state index is 0.123. The lowest BCUT2D eigenvalue weighted by atomic mass is 9.95. The fourth-order valence-electron chi connectivity index (χ4n) is 2.36. The van der Waals surface area contributed by atoms with Crippen molar-refractivity contribution in [1.82, 2.24) is 9.80 Å². The van der Waals surface area contributed by atoms with Gasteiger partial charge >= 0.3 is 0 Å². The highest BCUT2D eigenvalue weighted by Gasteiger charge is 2.16. The fourth-order valence-corrected chi connectivity index (χ4v) is 2.36. The normalized spacial score (nSPS) is 14.9. The zero-order valence-electron chi connectivity index (χ0n) is 12.8. The molecule has 108 valence electrons. The smallest absolute Gasteiger partial charge is 0.0333 e. The molecule has 1 rings (SSSR count). The van der Waals surface area contributed by atoms with Crippen molar-refractivity contribution in [1.29, 1.82) is 0 Å². The Labute approximate surface area is 118 Å². The Kier molecular flexibility index (Phi) is 7.06. The molecule has 0 amide bonds. The first-order valence-corrected chi connectivity index (χ1v) is 7.14. The van der Waals surface area contributed by atoms with E-state index in [4.69, 9.17) is 5.73 Å². The SMILES string of the molecule is CC(CN(C)CCCN(C)C)C(N)c1ccccc1. The van der Waals surface area contributed by atoms with Crippen LogP contribution in [0.5, 0.6) is 0 Å². The van der Waals surface area contributed by atoms with Crippen molar-refractivity contribution < 1.29 is 0 Å². The fraction of sp³-hybridized carbons (Fsp3) is 0.625. The van der Waals surface area contributed by atoms with E-state index in [1.165, 1.54) is 12.0 Å². The summed E-state index contributed by atoms with van der Waals surface area (Å²) in [5, 5.41) is 0. The van der Waals surface area contributed by atoms with E-state index in [9.17, 15) is 0 Å². The highest BCUT2D eigenvalue weighted by molar-refractivity contribution is 5.19. The molecule has 2 N–H and O–H groups in total. The molecule has 0 saturated heterocycles. The first-order chi connectivity index (χ1) is 9.00. The predicted molar refractivity (Wildman–Crippen MR) is 83.2 cm³/mol. The van der Waals surface area contributed by atoms with Crippen molar-refractivity contribution in [2.45, 2.75) is 19.4 Å². The Morgan fingerprint density at radius 2 is 1.68 bits per heavy atom. The molecule has 3 heteroatoms. The van der Waals surface area contributed by atoms with Gasteiger partial charge in [0.15, 0.2) is 0 Å². The molecule has 2 atom stereocenters. The van der Waals surface area contributed by atoms with Crippen molar-refractivity contribution in [2.75, 3.05) is 40.8 Å². The maximum absolute atomic E-state index is 6.33. The van der Waals surface area contributed by atoms with Crippen LogP contribution in [0.2, 0.25) is 0 Å². The lowest BCUT2D eigenvalue weighted by molar-refractivity contribution is 0.250. The van der Waals surface area contributed by atoms with Crippen LogP contribution in [0.1, 0.15) is 24.9 Å². The second kappa shape index (κ2) is 8.31. The quantitative estimate of drug-likeness (QED) is 0.780. The van der Waals surface area contributed by atoms with Gasteiger partial charge in [0.1, 0.15) is 0 Å². The maximum Gasteiger partial charge on any atom is 0.0333 e. The minimum Gasteiger partial charge on any atom is -0.324 e. The van der Waals surface area contributed by atoms with Crippen molar-refractivity contribution in [3.05, 3.63) is 35.9 Å². The largest absolute Gasteiger partial charge is 0.324 e. The number of hydrogen-bond donors (Lipinski definition) is 1. The van der Waals surface area contributed by atoms with Gasteiger partial charge in [0.25, 0.3) is 0 Å². The van der Waals surface area contributed by atoms with Gasteiger partial charge in [0.2, 0.25) is 0 Å². The summed E-state index contributed by atoms with van der Waals surface area (Å²) in [7, 11) is 6.42. The molecule has 3 nitrogen and oxygen atoms in total. The van der Waals surface area contributed by atoms with E-state index in [0.29, 0.717) is 5.92 Å². The molecular weight excluding hydrogens is 234 g/mol. The van der Waals surface area contributed by atoms with Gasteiger partial charge in [0, 0.05) is 12.6 Å². The lowest BCUT2D eigenvalue weighted by Gasteiger charge is -2.26. The van der Waals surface area contributed by atoms with Crippen molar-refractivity contribution >= 4 is 0 Å². The van der Waals surface area contributed by atoms with Gasteiger partial charge in [-0.2, -0.15) is 0 Å². The van der Waals surface area contributed by atoms with Crippen LogP contribution in [0.4, 0.5) is 0 Å². The molecule has 0 aliphatic carbocycles. The van der Waals surface area contributed by atoms with Crippen LogP contribution in [-0.4, -0.2) is 50.6 Å². The summed E-state index contributed by atoms with van der Waals surface area (Å²) < 4.78 is 0. The molecule has 0 spiro atoms. The van der Waals surface area contributed by atoms with Gasteiger partial charge in [-0.25, -0.2) is 0 Å². The second-order valence-corrected chi connectivity index (χ2v) is 5.83. The van der Waals surface area contributed by atoms with Crippen LogP contribution < -0.4 is 5.73 Å². The Morgan fingerprint density at radius 3 is 2.26 bits per heavy atom. The van der Waals surface area contributed by atoms with E-state index in [0.717, 1.165) is 19.6 Å². The van der Waals surface area contributed by atoms with Gasteiger partial charge in [0.05, 0.1) is 0 Å². The molecule has 2 unspecified atom stereocenters. The van der Waals surface area contributed by atoms with Crippen LogP contribution in [0, 0.1) is 5.92 Å². The first kappa shape index (κ1) is 16.2. The summed E-state index contributed by atoms with van der Waals surface area (Å²) in [5.41, 5.74) is 7.56. The molecular formula is C16H29N3. The molecule has 0 aromatic heterocycles. The van der Waals surface area contributed by atoms with Gasteiger partial charge < -0.3 is 15.5 Å². The molecule has 0 bridgehead atoms. The Balaban J connectivity index is 2.35. The van der Waals surface area contributed by atoms with E-state index in [1.54, 1.807) is 0 Å². The number of benzene rings is 1. The highest BCUT2D eigenvalue weighted by atomic mass is 15.1. The average Bonchev–Trinajstić information content (AvgIpc) is 2.38. The zero-order valence-corrected chi connectivity index (χ0v) is 12.8. The summed E-state index contributed by atoms with van der Waals surface area (Å²) in [6.07, 6.45) is 1.21. The number of rotatable bonds is 8. The summed E-state index contributed by atoms with van der Waals surface area (Å²) in [4.78, 5) is 4.62. The highest BCUT2D eigenvalue weighted by Crippen LogP contribution is 2.19. The Hall–Kier alpha value is -0.900. The van der Waals surface area contributed by atoms with Gasteiger partial charge in [-0.1, -0.05) is 37.3 Å². The number of nitrogens with two attached hydrogens (primary N) is 1. The van der Waals surface area contributed by atoms with E-state index in [2.05, 4.69) is 62.1 Å². The Morgan fingerprint density at radius 1 is 1.05 bits per heavy atom. The molecule has 0 radical (unpaired) electrons. The topological polar surface area (TPSA) is 32.5 Å². The molecule has 19 heavy (non-hydrogen) atoms. The molecule has 1 aromatic rings.